The lowest BCUT2D eigenvalue weighted by Gasteiger charge is -2.13. The second-order valence-electron chi connectivity index (χ2n) is 3.84. The van der Waals surface area contributed by atoms with E-state index in [-0.39, 0.29) is 16.6 Å². The van der Waals surface area contributed by atoms with E-state index < -0.39 is 12.1 Å². The molecule has 0 radical (unpaired) electrons. The van der Waals surface area contributed by atoms with Gasteiger partial charge in [0, 0.05) is 17.8 Å². The van der Waals surface area contributed by atoms with E-state index in [9.17, 15) is 13.2 Å². The molecule has 0 aliphatic heterocycles. The minimum absolute atomic E-state index is 0.0542. The van der Waals surface area contributed by atoms with Crippen molar-refractivity contribution in [3.05, 3.63) is 48.2 Å². The molecular formula is C13H9F3N2O2S. The summed E-state index contributed by atoms with van der Waals surface area (Å²) in [5, 5.41) is 0. The molecule has 2 aromatic rings. The molecule has 0 aliphatic rings. The number of hydrogen-bond donors (Lipinski definition) is 1. The highest BCUT2D eigenvalue weighted by Gasteiger charge is 2.32. The zero-order valence-corrected chi connectivity index (χ0v) is 11.2. The Labute approximate surface area is 123 Å². The molecule has 0 fully saturated rings. The van der Waals surface area contributed by atoms with Crippen molar-refractivity contribution in [2.24, 2.45) is 5.73 Å². The molecule has 0 amide bonds. The first-order valence-electron chi connectivity index (χ1n) is 5.63. The van der Waals surface area contributed by atoms with Crippen molar-refractivity contribution in [3.8, 4) is 17.4 Å². The lowest BCUT2D eigenvalue weighted by Crippen LogP contribution is -2.17. The van der Waals surface area contributed by atoms with E-state index in [0.29, 0.717) is 5.56 Å². The van der Waals surface area contributed by atoms with E-state index in [4.69, 9.17) is 22.7 Å². The lowest BCUT2D eigenvalue weighted by molar-refractivity contribution is -0.275. The largest absolute Gasteiger partial charge is 0.573 e. The van der Waals surface area contributed by atoms with Gasteiger partial charge in [0.25, 0.3) is 0 Å². The minimum atomic E-state index is -4.81. The molecule has 0 atom stereocenters. The molecule has 0 saturated carbocycles. The van der Waals surface area contributed by atoms with Crippen LogP contribution in [0.1, 0.15) is 5.56 Å². The average molecular weight is 314 g/mol. The molecule has 1 aromatic carbocycles. The molecule has 2 N–H and O–H groups in total. The van der Waals surface area contributed by atoms with Crippen molar-refractivity contribution in [1.29, 1.82) is 0 Å². The van der Waals surface area contributed by atoms with Gasteiger partial charge >= 0.3 is 6.36 Å². The Kier molecular flexibility index (Phi) is 4.27. The van der Waals surface area contributed by atoms with Gasteiger partial charge in [0.15, 0.2) is 11.5 Å². The van der Waals surface area contributed by atoms with Gasteiger partial charge in [-0.15, -0.1) is 13.2 Å². The maximum atomic E-state index is 12.3. The monoisotopic (exact) mass is 314 g/mol. The number of alkyl halides is 3. The third kappa shape index (κ3) is 4.32. The number of para-hydroxylation sites is 2. The van der Waals surface area contributed by atoms with Gasteiger partial charge in [0.1, 0.15) is 4.99 Å². The summed E-state index contributed by atoms with van der Waals surface area (Å²) < 4.78 is 46.1. The Morgan fingerprint density at radius 2 is 1.81 bits per heavy atom. The predicted molar refractivity (Wildman–Crippen MR) is 73.3 cm³/mol. The number of pyridine rings is 1. The zero-order chi connectivity index (χ0) is 15.5. The molecule has 1 heterocycles. The summed E-state index contributed by atoms with van der Waals surface area (Å²) in [6.07, 6.45) is -3.43. The van der Waals surface area contributed by atoms with E-state index in [1.54, 1.807) is 6.07 Å². The number of rotatable bonds is 4. The Morgan fingerprint density at radius 3 is 2.43 bits per heavy atom. The van der Waals surface area contributed by atoms with Crippen LogP contribution < -0.4 is 15.2 Å². The highest BCUT2D eigenvalue weighted by molar-refractivity contribution is 7.80. The first-order chi connectivity index (χ1) is 9.85. The summed E-state index contributed by atoms with van der Waals surface area (Å²) in [6.45, 7) is 0. The van der Waals surface area contributed by atoms with Gasteiger partial charge in [-0.3, -0.25) is 0 Å². The van der Waals surface area contributed by atoms with Crippen molar-refractivity contribution in [2.75, 3.05) is 0 Å². The van der Waals surface area contributed by atoms with Gasteiger partial charge in [0.2, 0.25) is 5.88 Å². The van der Waals surface area contributed by atoms with Crippen LogP contribution in [0.5, 0.6) is 17.4 Å². The van der Waals surface area contributed by atoms with Gasteiger partial charge < -0.3 is 15.2 Å². The number of halogens is 3. The molecular weight excluding hydrogens is 305 g/mol. The Bertz CT molecular complexity index is 662. The maximum absolute atomic E-state index is 12.3. The standard InChI is InChI=1S/C13H9F3N2O2S/c14-13(15,16)20-10-4-2-1-3-9(10)19-11-7-8(12(17)21)5-6-18-11/h1-7H,(H2,17,21). The molecule has 0 saturated heterocycles. The van der Waals surface area contributed by atoms with Gasteiger partial charge in [-0.25, -0.2) is 4.98 Å². The number of benzene rings is 1. The second-order valence-corrected chi connectivity index (χ2v) is 4.28. The number of nitrogens with zero attached hydrogens (tertiary/aromatic N) is 1. The van der Waals surface area contributed by atoms with Crippen molar-refractivity contribution >= 4 is 17.2 Å². The van der Waals surface area contributed by atoms with Crippen molar-refractivity contribution in [1.82, 2.24) is 4.98 Å². The first-order valence-corrected chi connectivity index (χ1v) is 6.04. The second kappa shape index (κ2) is 5.96. The maximum Gasteiger partial charge on any atom is 0.573 e. The number of hydrogen-bond acceptors (Lipinski definition) is 4. The molecule has 4 nitrogen and oxygen atoms in total. The molecule has 21 heavy (non-hydrogen) atoms. The van der Waals surface area contributed by atoms with Crippen LogP contribution in [-0.2, 0) is 0 Å². The van der Waals surface area contributed by atoms with Crippen LogP contribution in [0, 0.1) is 0 Å². The Balaban J connectivity index is 2.27. The highest BCUT2D eigenvalue weighted by Crippen LogP contribution is 2.34. The van der Waals surface area contributed by atoms with E-state index in [2.05, 4.69) is 9.72 Å². The third-order valence-corrected chi connectivity index (χ3v) is 2.54. The fourth-order valence-electron chi connectivity index (χ4n) is 1.47. The summed E-state index contributed by atoms with van der Waals surface area (Å²) in [5.41, 5.74) is 5.95. The van der Waals surface area contributed by atoms with Gasteiger partial charge in [-0.1, -0.05) is 24.4 Å². The quantitative estimate of drug-likeness (QED) is 0.877. The van der Waals surface area contributed by atoms with Crippen molar-refractivity contribution < 1.29 is 22.6 Å². The Hall–Kier alpha value is -2.35. The van der Waals surface area contributed by atoms with E-state index in [1.165, 1.54) is 30.5 Å². The fourth-order valence-corrected chi connectivity index (χ4v) is 1.60. The SMILES string of the molecule is NC(=S)c1ccnc(Oc2ccccc2OC(F)(F)F)c1. The number of nitrogens with two attached hydrogens (primary N) is 1. The molecule has 0 bridgehead atoms. The topological polar surface area (TPSA) is 57.4 Å². The average Bonchev–Trinajstić information content (AvgIpc) is 2.40. The van der Waals surface area contributed by atoms with Crippen LogP contribution in [0.15, 0.2) is 42.6 Å². The zero-order valence-electron chi connectivity index (χ0n) is 10.4. The van der Waals surface area contributed by atoms with Crippen molar-refractivity contribution in [2.45, 2.75) is 6.36 Å². The van der Waals surface area contributed by atoms with Gasteiger partial charge in [-0.05, 0) is 18.2 Å². The van der Waals surface area contributed by atoms with E-state index in [1.807, 2.05) is 0 Å². The molecule has 0 aliphatic carbocycles. The molecule has 110 valence electrons. The van der Waals surface area contributed by atoms with Gasteiger partial charge in [-0.2, -0.15) is 0 Å². The predicted octanol–water partition coefficient (Wildman–Crippen LogP) is 3.41. The molecule has 0 unspecified atom stereocenters. The van der Waals surface area contributed by atoms with Crippen LogP contribution in [0.2, 0.25) is 0 Å². The van der Waals surface area contributed by atoms with Crippen LogP contribution in [-0.4, -0.2) is 16.3 Å². The lowest BCUT2D eigenvalue weighted by atomic mass is 10.2. The minimum Gasteiger partial charge on any atom is -0.435 e. The van der Waals surface area contributed by atoms with Gasteiger partial charge in [0.05, 0.1) is 0 Å². The summed E-state index contributed by atoms with van der Waals surface area (Å²) in [7, 11) is 0. The molecule has 2 rings (SSSR count). The molecule has 0 spiro atoms. The van der Waals surface area contributed by atoms with E-state index >= 15 is 0 Å². The van der Waals surface area contributed by atoms with Crippen molar-refractivity contribution in [3.63, 3.8) is 0 Å². The first kappa shape index (κ1) is 15.0. The van der Waals surface area contributed by atoms with Crippen LogP contribution in [0.25, 0.3) is 0 Å². The van der Waals surface area contributed by atoms with Crippen LogP contribution in [0.4, 0.5) is 13.2 Å². The number of thiocarbonyl (C=S) groups is 1. The number of ether oxygens (including phenoxy) is 2. The highest BCUT2D eigenvalue weighted by atomic mass is 32.1. The fraction of sp³-hybridized carbons (Fsp3) is 0.0769. The summed E-state index contributed by atoms with van der Waals surface area (Å²) >= 11 is 4.80. The Morgan fingerprint density at radius 1 is 1.14 bits per heavy atom. The smallest absolute Gasteiger partial charge is 0.435 e. The van der Waals surface area contributed by atoms with Crippen LogP contribution in [0.3, 0.4) is 0 Å². The van der Waals surface area contributed by atoms with E-state index in [0.717, 1.165) is 6.07 Å². The third-order valence-electron chi connectivity index (χ3n) is 2.31. The molecule has 8 heteroatoms. The summed E-state index contributed by atoms with van der Waals surface area (Å²) in [4.78, 5) is 4.01. The normalized spacial score (nSPS) is 11.0. The number of aromatic nitrogens is 1. The summed E-state index contributed by atoms with van der Waals surface area (Å²) in [6, 6.07) is 8.36. The molecule has 1 aromatic heterocycles. The summed E-state index contributed by atoms with van der Waals surface area (Å²) in [5.74, 6) is -0.534. The van der Waals surface area contributed by atoms with Crippen LogP contribution >= 0.6 is 12.2 Å².